The Morgan fingerprint density at radius 2 is 0.727 bits per heavy atom. The first-order valence-electron chi connectivity index (χ1n) is 20.2. The number of aromatic nitrogens is 2. The Hall–Kier alpha value is -9.10. The molecule has 314 valence electrons. The predicted molar refractivity (Wildman–Crippen MR) is 240 cm³/mol. The Labute approximate surface area is 371 Å². The maximum atomic E-state index is 16.4. The van der Waals surface area contributed by atoms with Crippen LogP contribution >= 0.6 is 0 Å². The van der Waals surface area contributed by atoms with Crippen LogP contribution in [0.4, 0.5) is 26.3 Å². The summed E-state index contributed by atoms with van der Waals surface area (Å²) in [6.07, 6.45) is -9.80. The minimum absolute atomic E-state index is 0.0310. The van der Waals surface area contributed by atoms with E-state index < -0.39 is 23.5 Å². The van der Waals surface area contributed by atoms with E-state index in [0.29, 0.717) is 65.9 Å². The Bertz CT molecular complexity index is 3580. The van der Waals surface area contributed by atoms with E-state index in [1.54, 1.807) is 109 Å². The lowest BCUT2D eigenvalue weighted by Crippen LogP contribution is -2.16. The van der Waals surface area contributed by atoms with Crippen LogP contribution in [0.25, 0.3) is 88.4 Å². The van der Waals surface area contributed by atoms with Crippen molar-refractivity contribution in [3.8, 4) is 69.0 Å². The van der Waals surface area contributed by atoms with Crippen molar-refractivity contribution in [2.45, 2.75) is 12.4 Å². The molecule has 0 fully saturated rings. The molecule has 0 aliphatic carbocycles. The van der Waals surface area contributed by atoms with Gasteiger partial charge in [-0.25, -0.2) is 0 Å². The van der Waals surface area contributed by atoms with Crippen LogP contribution in [-0.4, -0.2) is 9.13 Å². The lowest BCUT2D eigenvalue weighted by molar-refractivity contribution is -0.138. The number of benzene rings is 8. The summed E-state index contributed by atoms with van der Waals surface area (Å²) in [6.45, 7) is 0. The van der Waals surface area contributed by atoms with Crippen LogP contribution in [0.3, 0.4) is 0 Å². The summed E-state index contributed by atoms with van der Waals surface area (Å²) < 4.78 is 95.0. The van der Waals surface area contributed by atoms with Gasteiger partial charge in [0.05, 0.1) is 85.5 Å². The quantitative estimate of drug-likeness (QED) is 0.161. The monoisotopic (exact) mass is 872 g/mol. The van der Waals surface area contributed by atoms with E-state index in [0.717, 1.165) is 12.1 Å². The third-order valence-electron chi connectivity index (χ3n) is 11.8. The number of halogens is 6. The molecule has 66 heavy (non-hydrogen) atoms. The summed E-state index contributed by atoms with van der Waals surface area (Å²) in [6, 6.07) is 48.7. The van der Waals surface area contributed by atoms with Crippen molar-refractivity contribution in [3.63, 3.8) is 0 Å². The minimum atomic E-state index is -5.05. The third-order valence-corrected chi connectivity index (χ3v) is 11.8. The largest absolute Gasteiger partial charge is 0.420 e. The molecule has 0 N–H and O–H groups in total. The number of para-hydroxylation sites is 2. The topological polar surface area (TPSA) is 105 Å². The Morgan fingerprint density at radius 3 is 1.14 bits per heavy atom. The van der Waals surface area contributed by atoms with Crippen LogP contribution in [0.5, 0.6) is 0 Å². The molecule has 0 bridgehead atoms. The van der Waals surface area contributed by atoms with E-state index in [9.17, 15) is 34.2 Å². The van der Waals surface area contributed by atoms with Crippen LogP contribution < -0.4 is 0 Å². The number of nitrogens with zero attached hydrogens (tertiary/aromatic N) is 6. The van der Waals surface area contributed by atoms with Crippen LogP contribution in [0.15, 0.2) is 158 Å². The van der Waals surface area contributed by atoms with Gasteiger partial charge in [-0.15, -0.1) is 0 Å². The molecule has 0 aliphatic rings. The smallest absolute Gasteiger partial charge is 0.309 e. The van der Waals surface area contributed by atoms with Crippen molar-refractivity contribution < 1.29 is 26.3 Å². The van der Waals surface area contributed by atoms with Crippen molar-refractivity contribution in [2.75, 3.05) is 0 Å². The van der Waals surface area contributed by atoms with Crippen LogP contribution in [0.2, 0.25) is 0 Å². The maximum Gasteiger partial charge on any atom is 0.420 e. The molecule has 0 spiro atoms. The molecule has 0 unspecified atom stereocenters. The molecule has 0 radical (unpaired) electrons. The first kappa shape index (κ1) is 40.9. The van der Waals surface area contributed by atoms with Gasteiger partial charge in [-0.3, -0.25) is 0 Å². The summed E-state index contributed by atoms with van der Waals surface area (Å²) >= 11 is 0. The lowest BCUT2D eigenvalue weighted by Gasteiger charge is -2.23. The number of hydrogen-bond acceptors (Lipinski definition) is 4. The van der Waals surface area contributed by atoms with Gasteiger partial charge in [0.15, 0.2) is 0 Å². The first-order valence-corrected chi connectivity index (χ1v) is 20.2. The van der Waals surface area contributed by atoms with Gasteiger partial charge >= 0.3 is 12.4 Å². The highest BCUT2D eigenvalue weighted by atomic mass is 19.4. The second-order valence-corrected chi connectivity index (χ2v) is 15.7. The van der Waals surface area contributed by atoms with Gasteiger partial charge in [0.1, 0.15) is 5.56 Å². The van der Waals surface area contributed by atoms with Crippen LogP contribution in [0, 0.1) is 45.3 Å². The lowest BCUT2D eigenvalue weighted by atomic mass is 9.97. The Morgan fingerprint density at radius 1 is 0.333 bits per heavy atom. The normalized spacial score (nSPS) is 11.7. The zero-order valence-electron chi connectivity index (χ0n) is 34.0. The zero-order chi connectivity index (χ0) is 46.1. The highest BCUT2D eigenvalue weighted by Crippen LogP contribution is 2.47. The fourth-order valence-electron chi connectivity index (χ4n) is 8.97. The molecular weight excluding hydrogens is 847 g/mol. The van der Waals surface area contributed by atoms with Gasteiger partial charge in [-0.1, -0.05) is 60.7 Å². The number of hydrogen-bond donors (Lipinski definition) is 0. The van der Waals surface area contributed by atoms with Gasteiger partial charge in [-0.05, 0) is 130 Å². The molecule has 6 nitrogen and oxygen atoms in total. The van der Waals surface area contributed by atoms with Gasteiger partial charge in [0, 0.05) is 21.5 Å². The second-order valence-electron chi connectivity index (χ2n) is 15.7. The number of fused-ring (bicyclic) bond motifs is 6. The molecule has 12 heteroatoms. The van der Waals surface area contributed by atoms with Crippen molar-refractivity contribution in [3.05, 3.63) is 191 Å². The van der Waals surface area contributed by atoms with Gasteiger partial charge in [0.2, 0.25) is 0 Å². The first-order chi connectivity index (χ1) is 31.8. The standard InChI is InChI=1S/C54H26F6N6/c55-53(56,57)41-7-5-6-35(22-41)40-25-50(65-46-10-3-1-8-42(46)44-23-36(12-14-48(44)65)38-18-31(27-61)16-32(19-38)28-62)52(54(58,59)60)51(26-40)66-47-11-4-2-9-43(47)45-24-37(13-15-49(45)66)39-20-33(29-63)17-34(21-39)30-64/h1-26H. The van der Waals surface area contributed by atoms with Gasteiger partial charge < -0.3 is 9.13 Å². The minimum Gasteiger partial charge on any atom is -0.309 e. The zero-order valence-corrected chi connectivity index (χ0v) is 34.0. The molecule has 10 rings (SSSR count). The van der Waals surface area contributed by atoms with E-state index in [-0.39, 0.29) is 44.8 Å². The van der Waals surface area contributed by atoms with Crippen molar-refractivity contribution in [1.82, 2.24) is 9.13 Å². The Balaban J connectivity index is 1.31. The van der Waals surface area contributed by atoms with E-state index in [1.165, 1.54) is 45.5 Å². The molecule has 2 aromatic heterocycles. The van der Waals surface area contributed by atoms with E-state index in [4.69, 9.17) is 0 Å². The Kier molecular flexibility index (Phi) is 9.50. The molecule has 0 saturated carbocycles. The van der Waals surface area contributed by atoms with Gasteiger partial charge in [0.25, 0.3) is 0 Å². The molecule has 10 aromatic rings. The van der Waals surface area contributed by atoms with Crippen molar-refractivity contribution in [1.29, 1.82) is 21.0 Å². The fraction of sp³-hybridized carbons (Fsp3) is 0.0370. The average molecular weight is 873 g/mol. The van der Waals surface area contributed by atoms with Crippen LogP contribution in [-0.2, 0) is 12.4 Å². The van der Waals surface area contributed by atoms with Crippen molar-refractivity contribution >= 4 is 43.6 Å². The highest BCUT2D eigenvalue weighted by Gasteiger charge is 2.40. The van der Waals surface area contributed by atoms with E-state index in [1.807, 2.05) is 0 Å². The summed E-state index contributed by atoms with van der Waals surface area (Å²) in [5.41, 5.74) is 2.18. The number of rotatable bonds is 5. The summed E-state index contributed by atoms with van der Waals surface area (Å²) in [5.74, 6) is 0. The SMILES string of the molecule is N#Cc1cc(C#N)cc(-c2ccc3c(c2)c2ccccc2n3-c2cc(-c3cccc(C(F)(F)F)c3)cc(-n3c4ccccc4c4cc(-c5cc(C#N)cc(C#N)c5)ccc43)c2C(F)(F)F)c1. The predicted octanol–water partition coefficient (Wildman–Crippen LogP) is 14.4. The van der Waals surface area contributed by atoms with Gasteiger partial charge in [-0.2, -0.15) is 47.4 Å². The summed E-state index contributed by atoms with van der Waals surface area (Å²) in [5, 5.41) is 41.0. The fourth-order valence-corrected chi connectivity index (χ4v) is 8.97. The molecule has 0 aliphatic heterocycles. The third kappa shape index (κ3) is 6.82. The molecule has 2 heterocycles. The summed E-state index contributed by atoms with van der Waals surface area (Å²) in [4.78, 5) is 0. The molecule has 0 saturated heterocycles. The number of nitriles is 4. The average Bonchev–Trinajstić information content (AvgIpc) is 3.84. The molecular formula is C54H26F6N6. The maximum absolute atomic E-state index is 16.4. The van der Waals surface area contributed by atoms with E-state index in [2.05, 4.69) is 24.3 Å². The van der Waals surface area contributed by atoms with Crippen LogP contribution in [0.1, 0.15) is 33.4 Å². The number of alkyl halides is 6. The molecule has 8 aromatic carbocycles. The second kappa shape index (κ2) is 15.3. The van der Waals surface area contributed by atoms with E-state index >= 15 is 13.2 Å². The van der Waals surface area contributed by atoms with Crippen molar-refractivity contribution in [2.24, 2.45) is 0 Å². The summed E-state index contributed by atoms with van der Waals surface area (Å²) in [7, 11) is 0. The molecule has 0 atom stereocenters. The highest BCUT2D eigenvalue weighted by molar-refractivity contribution is 6.12. The molecule has 0 amide bonds.